The van der Waals surface area contributed by atoms with Gasteiger partial charge >= 0.3 is 5.97 Å². The lowest BCUT2D eigenvalue weighted by atomic mass is 9.83. The molecule has 0 amide bonds. The SMILES string of the molecule is CCOC(=O)C1=C(C)OC(N)=C(C#N)C1c1ccc(C)cc1Br. The van der Waals surface area contributed by atoms with Gasteiger partial charge < -0.3 is 15.2 Å². The average molecular weight is 377 g/mol. The quantitative estimate of drug-likeness (QED) is 0.816. The van der Waals surface area contributed by atoms with Crippen molar-refractivity contribution in [3.8, 4) is 6.07 Å². The predicted molar refractivity (Wildman–Crippen MR) is 88.9 cm³/mol. The molecule has 5 nitrogen and oxygen atoms in total. The van der Waals surface area contributed by atoms with E-state index in [0.717, 1.165) is 15.6 Å². The molecular formula is C17H17BrN2O3. The molecule has 1 aromatic rings. The van der Waals surface area contributed by atoms with Crippen molar-refractivity contribution in [2.45, 2.75) is 26.7 Å². The van der Waals surface area contributed by atoms with Gasteiger partial charge in [-0.05, 0) is 38.0 Å². The number of nitrogens with two attached hydrogens (primary N) is 1. The van der Waals surface area contributed by atoms with Crippen LogP contribution in [0.5, 0.6) is 0 Å². The lowest BCUT2D eigenvalue weighted by molar-refractivity contribution is -0.139. The lowest BCUT2D eigenvalue weighted by Crippen LogP contribution is -2.25. The lowest BCUT2D eigenvalue weighted by Gasteiger charge is -2.27. The van der Waals surface area contributed by atoms with Crippen molar-refractivity contribution >= 4 is 21.9 Å². The minimum absolute atomic E-state index is 0.00974. The highest BCUT2D eigenvalue weighted by Crippen LogP contribution is 2.42. The summed E-state index contributed by atoms with van der Waals surface area (Å²) in [6, 6.07) is 7.77. The predicted octanol–water partition coefficient (Wildman–Crippen LogP) is 3.40. The highest BCUT2D eigenvalue weighted by Gasteiger charge is 2.37. The van der Waals surface area contributed by atoms with E-state index in [1.54, 1.807) is 13.8 Å². The second-order valence-corrected chi connectivity index (χ2v) is 5.99. The van der Waals surface area contributed by atoms with Crippen molar-refractivity contribution in [2.24, 2.45) is 5.73 Å². The van der Waals surface area contributed by atoms with Crippen LogP contribution >= 0.6 is 15.9 Å². The van der Waals surface area contributed by atoms with E-state index in [2.05, 4.69) is 22.0 Å². The number of rotatable bonds is 3. The monoisotopic (exact) mass is 376 g/mol. The van der Waals surface area contributed by atoms with Crippen LogP contribution in [0.25, 0.3) is 0 Å². The number of aryl methyl sites for hydroxylation is 1. The summed E-state index contributed by atoms with van der Waals surface area (Å²) in [5.74, 6) is -0.779. The Hall–Kier alpha value is -2.26. The fourth-order valence-corrected chi connectivity index (χ4v) is 3.25. The molecule has 1 atom stereocenters. The van der Waals surface area contributed by atoms with Gasteiger partial charge in [0.1, 0.15) is 17.4 Å². The first-order valence-electron chi connectivity index (χ1n) is 7.12. The van der Waals surface area contributed by atoms with Crippen molar-refractivity contribution in [3.63, 3.8) is 0 Å². The van der Waals surface area contributed by atoms with Crippen molar-refractivity contribution in [2.75, 3.05) is 6.61 Å². The Balaban J connectivity index is 2.66. The number of esters is 1. The number of allylic oxidation sites excluding steroid dienone is 2. The van der Waals surface area contributed by atoms with Crippen molar-refractivity contribution in [3.05, 3.63) is 56.6 Å². The van der Waals surface area contributed by atoms with Crippen molar-refractivity contribution < 1.29 is 14.3 Å². The number of ether oxygens (including phenoxy) is 2. The number of halogens is 1. The van der Waals surface area contributed by atoms with E-state index in [1.807, 2.05) is 25.1 Å². The van der Waals surface area contributed by atoms with E-state index in [4.69, 9.17) is 15.2 Å². The molecule has 23 heavy (non-hydrogen) atoms. The molecule has 120 valence electrons. The zero-order valence-corrected chi connectivity index (χ0v) is 14.7. The average Bonchev–Trinajstić information content (AvgIpc) is 2.46. The van der Waals surface area contributed by atoms with E-state index in [0.29, 0.717) is 11.3 Å². The van der Waals surface area contributed by atoms with Crippen molar-refractivity contribution in [1.29, 1.82) is 5.26 Å². The van der Waals surface area contributed by atoms with Crippen LogP contribution in [0.4, 0.5) is 0 Å². The molecule has 2 rings (SSSR count). The molecule has 0 fully saturated rings. The van der Waals surface area contributed by atoms with Crippen molar-refractivity contribution in [1.82, 2.24) is 0 Å². The summed E-state index contributed by atoms with van der Waals surface area (Å²) < 4.78 is 11.3. The van der Waals surface area contributed by atoms with Gasteiger partial charge in [0.05, 0.1) is 18.1 Å². The van der Waals surface area contributed by atoms with Gasteiger partial charge in [0.25, 0.3) is 0 Å². The molecule has 0 radical (unpaired) electrons. The topological polar surface area (TPSA) is 85.3 Å². The van der Waals surface area contributed by atoms with E-state index in [-0.39, 0.29) is 18.1 Å². The number of benzene rings is 1. The molecule has 1 unspecified atom stereocenters. The summed E-state index contributed by atoms with van der Waals surface area (Å²) in [7, 11) is 0. The molecule has 2 N–H and O–H groups in total. The zero-order valence-electron chi connectivity index (χ0n) is 13.1. The second-order valence-electron chi connectivity index (χ2n) is 5.14. The first-order chi connectivity index (χ1) is 10.9. The van der Waals surface area contributed by atoms with E-state index in [1.165, 1.54) is 0 Å². The maximum absolute atomic E-state index is 12.4. The van der Waals surface area contributed by atoms with Crippen LogP contribution in [0.15, 0.2) is 45.5 Å². The zero-order chi connectivity index (χ0) is 17.1. The number of nitrogens with zero attached hydrogens (tertiary/aromatic N) is 1. The summed E-state index contributed by atoms with van der Waals surface area (Å²) >= 11 is 3.51. The molecule has 1 aromatic carbocycles. The number of nitriles is 1. The Kier molecular flexibility index (Phi) is 5.12. The third-order valence-corrected chi connectivity index (χ3v) is 4.25. The maximum Gasteiger partial charge on any atom is 0.338 e. The molecule has 0 aliphatic carbocycles. The van der Waals surface area contributed by atoms with Crippen LogP contribution < -0.4 is 5.73 Å². The summed E-state index contributed by atoms with van der Waals surface area (Å²) in [6.07, 6.45) is 0. The minimum Gasteiger partial charge on any atom is -0.463 e. The Labute approximate surface area is 143 Å². The van der Waals surface area contributed by atoms with E-state index < -0.39 is 11.9 Å². The maximum atomic E-state index is 12.4. The molecule has 1 aliphatic heterocycles. The van der Waals surface area contributed by atoms with Gasteiger partial charge in [0.15, 0.2) is 0 Å². The summed E-state index contributed by atoms with van der Waals surface area (Å²) in [5.41, 5.74) is 8.17. The Bertz CT molecular complexity index is 760. The highest BCUT2D eigenvalue weighted by molar-refractivity contribution is 9.10. The largest absolute Gasteiger partial charge is 0.463 e. The van der Waals surface area contributed by atoms with Gasteiger partial charge in [0, 0.05) is 4.47 Å². The number of hydrogen-bond acceptors (Lipinski definition) is 5. The highest BCUT2D eigenvalue weighted by atomic mass is 79.9. The Morgan fingerprint density at radius 3 is 2.74 bits per heavy atom. The number of carbonyl (C=O) groups excluding carboxylic acids is 1. The Morgan fingerprint density at radius 1 is 1.48 bits per heavy atom. The van der Waals surface area contributed by atoms with Crippen LogP contribution in [0, 0.1) is 18.3 Å². The molecule has 1 aliphatic rings. The standard InChI is InChI=1S/C17H17BrN2O3/c1-4-22-17(21)14-10(3)23-16(20)12(8-19)15(14)11-6-5-9(2)7-13(11)18/h5-7,15H,4,20H2,1-3H3. The molecule has 1 heterocycles. The summed E-state index contributed by atoms with van der Waals surface area (Å²) in [4.78, 5) is 12.4. The van der Waals surface area contributed by atoms with Crippen LogP contribution in [0.1, 0.15) is 30.9 Å². The molecule has 0 saturated heterocycles. The van der Waals surface area contributed by atoms with Gasteiger partial charge in [-0.1, -0.05) is 28.1 Å². The summed E-state index contributed by atoms with van der Waals surface area (Å²) in [5, 5.41) is 9.50. The molecule has 0 aromatic heterocycles. The minimum atomic E-state index is -0.622. The normalized spacial score (nSPS) is 17.6. The van der Waals surface area contributed by atoms with Gasteiger partial charge in [-0.3, -0.25) is 0 Å². The first kappa shape index (κ1) is 17.1. The molecule has 6 heteroatoms. The molecule has 0 bridgehead atoms. The molecular weight excluding hydrogens is 360 g/mol. The van der Waals surface area contributed by atoms with E-state index in [9.17, 15) is 10.1 Å². The molecule has 0 spiro atoms. The van der Waals surface area contributed by atoms with Gasteiger partial charge in [-0.15, -0.1) is 0 Å². The fraction of sp³-hybridized carbons (Fsp3) is 0.294. The van der Waals surface area contributed by atoms with Crippen LogP contribution in [-0.4, -0.2) is 12.6 Å². The van der Waals surface area contributed by atoms with E-state index >= 15 is 0 Å². The molecule has 0 saturated carbocycles. The third-order valence-electron chi connectivity index (χ3n) is 3.57. The van der Waals surface area contributed by atoms with Crippen LogP contribution in [0.3, 0.4) is 0 Å². The van der Waals surface area contributed by atoms with Crippen LogP contribution in [-0.2, 0) is 14.3 Å². The van der Waals surface area contributed by atoms with Gasteiger partial charge in [-0.2, -0.15) is 5.26 Å². The van der Waals surface area contributed by atoms with Crippen LogP contribution in [0.2, 0.25) is 0 Å². The fourth-order valence-electron chi connectivity index (χ4n) is 2.53. The second kappa shape index (κ2) is 6.88. The number of carbonyl (C=O) groups is 1. The third kappa shape index (κ3) is 3.25. The first-order valence-corrected chi connectivity index (χ1v) is 7.91. The number of hydrogen-bond donors (Lipinski definition) is 1. The smallest absolute Gasteiger partial charge is 0.338 e. The van der Waals surface area contributed by atoms with Gasteiger partial charge in [0.2, 0.25) is 5.88 Å². The van der Waals surface area contributed by atoms with Gasteiger partial charge in [-0.25, -0.2) is 4.79 Å². The Morgan fingerprint density at radius 2 is 2.17 bits per heavy atom. The summed E-state index contributed by atoms with van der Waals surface area (Å²) in [6.45, 7) is 5.56.